The molecule has 0 aliphatic heterocycles. The average molecular weight is 456 g/mol. The number of benzene rings is 1. The van der Waals surface area contributed by atoms with Crippen LogP contribution in [0.3, 0.4) is 0 Å². The van der Waals surface area contributed by atoms with E-state index in [1.165, 1.54) is 76.2 Å². The van der Waals surface area contributed by atoms with Crippen molar-refractivity contribution in [2.45, 2.75) is 109 Å². The van der Waals surface area contributed by atoms with Gasteiger partial charge in [0, 0.05) is 6.42 Å². The Hall–Kier alpha value is -1.61. The summed E-state index contributed by atoms with van der Waals surface area (Å²) in [5, 5.41) is 13.1. The molecule has 2 N–H and O–H groups in total. The highest BCUT2D eigenvalue weighted by Gasteiger charge is 2.38. The summed E-state index contributed by atoms with van der Waals surface area (Å²) in [6, 6.07) is 10.9. The monoisotopic (exact) mass is 455 g/mol. The number of aliphatic carboxylic acids is 1. The standard InChI is InChI=1S/C30H49NO2/c1-3-4-5-6-7-8-9-10-12-17-26(25-31-2)22-27(23-29(32)33)24-30(20-15-16-21-30)28-18-13-11-14-19-28/h8-9,11,13-14,18-19,26-27,31H,3-7,10,12,15-17,20-25H2,1-2H3,(H,32,33)/b9-8-/t26-,27+/m0/s1. The Labute approximate surface area is 203 Å². The van der Waals surface area contributed by atoms with Crippen LogP contribution in [-0.2, 0) is 10.2 Å². The first-order valence-electron chi connectivity index (χ1n) is 13.7. The molecule has 2 atom stereocenters. The van der Waals surface area contributed by atoms with Crippen molar-refractivity contribution in [1.82, 2.24) is 5.32 Å². The minimum Gasteiger partial charge on any atom is -0.481 e. The summed E-state index contributed by atoms with van der Waals surface area (Å²) in [6.07, 6.45) is 22.0. The van der Waals surface area contributed by atoms with Crippen LogP contribution in [0.15, 0.2) is 42.5 Å². The van der Waals surface area contributed by atoms with Gasteiger partial charge in [-0.1, -0.05) is 81.5 Å². The van der Waals surface area contributed by atoms with E-state index in [0.29, 0.717) is 12.3 Å². The zero-order valence-electron chi connectivity index (χ0n) is 21.4. The van der Waals surface area contributed by atoms with E-state index in [2.05, 4.69) is 54.7 Å². The predicted molar refractivity (Wildman–Crippen MR) is 141 cm³/mol. The lowest BCUT2D eigenvalue weighted by Crippen LogP contribution is -2.29. The van der Waals surface area contributed by atoms with Crippen molar-refractivity contribution < 1.29 is 9.90 Å². The number of rotatable bonds is 18. The van der Waals surface area contributed by atoms with Gasteiger partial charge in [0.1, 0.15) is 0 Å². The minimum atomic E-state index is -0.643. The fraction of sp³-hybridized carbons (Fsp3) is 0.700. The molecular weight excluding hydrogens is 406 g/mol. The molecule has 0 bridgehead atoms. The maximum atomic E-state index is 11.8. The van der Waals surface area contributed by atoms with Crippen molar-refractivity contribution in [3.05, 3.63) is 48.0 Å². The maximum absolute atomic E-state index is 11.8. The first-order chi connectivity index (χ1) is 16.1. The van der Waals surface area contributed by atoms with E-state index in [9.17, 15) is 9.90 Å². The van der Waals surface area contributed by atoms with Gasteiger partial charge in [0.15, 0.2) is 0 Å². The molecule has 0 radical (unpaired) electrons. The number of allylic oxidation sites excluding steroid dienone is 2. The second-order valence-corrected chi connectivity index (χ2v) is 10.4. The molecule has 0 saturated heterocycles. The number of carboxylic acid groups (broad SMARTS) is 1. The van der Waals surface area contributed by atoms with Crippen LogP contribution in [-0.4, -0.2) is 24.7 Å². The van der Waals surface area contributed by atoms with Gasteiger partial charge in [-0.2, -0.15) is 0 Å². The molecule has 3 nitrogen and oxygen atoms in total. The molecule has 0 spiro atoms. The number of hydrogen-bond donors (Lipinski definition) is 2. The molecule has 186 valence electrons. The summed E-state index contributed by atoms with van der Waals surface area (Å²) in [6.45, 7) is 3.24. The Morgan fingerprint density at radius 1 is 1.03 bits per heavy atom. The lowest BCUT2D eigenvalue weighted by atomic mass is 9.70. The molecule has 33 heavy (non-hydrogen) atoms. The first kappa shape index (κ1) is 27.6. The second-order valence-electron chi connectivity index (χ2n) is 10.4. The molecule has 0 aromatic heterocycles. The molecule has 3 heteroatoms. The van der Waals surface area contributed by atoms with Crippen LogP contribution >= 0.6 is 0 Å². The zero-order valence-corrected chi connectivity index (χ0v) is 21.4. The molecule has 1 aromatic rings. The maximum Gasteiger partial charge on any atom is 0.303 e. The summed E-state index contributed by atoms with van der Waals surface area (Å²) >= 11 is 0. The Bertz CT molecular complexity index is 663. The summed E-state index contributed by atoms with van der Waals surface area (Å²) < 4.78 is 0. The third-order valence-electron chi connectivity index (χ3n) is 7.62. The normalized spacial score (nSPS) is 17.4. The molecular formula is C30H49NO2. The van der Waals surface area contributed by atoms with Gasteiger partial charge in [-0.25, -0.2) is 0 Å². The molecule has 1 saturated carbocycles. The van der Waals surface area contributed by atoms with E-state index in [-0.39, 0.29) is 11.3 Å². The van der Waals surface area contributed by atoms with Crippen molar-refractivity contribution in [3.63, 3.8) is 0 Å². The van der Waals surface area contributed by atoms with E-state index < -0.39 is 5.97 Å². The molecule has 0 unspecified atom stereocenters. The molecule has 2 rings (SSSR count). The summed E-state index contributed by atoms with van der Waals surface area (Å²) in [4.78, 5) is 11.8. The Kier molecular flexibility index (Phi) is 13.5. The van der Waals surface area contributed by atoms with Crippen molar-refractivity contribution in [1.29, 1.82) is 0 Å². The van der Waals surface area contributed by atoms with Crippen molar-refractivity contribution in [3.8, 4) is 0 Å². The van der Waals surface area contributed by atoms with Crippen LogP contribution in [0.4, 0.5) is 0 Å². The molecule has 1 aliphatic carbocycles. The van der Waals surface area contributed by atoms with Gasteiger partial charge in [0.05, 0.1) is 0 Å². The number of nitrogens with one attached hydrogen (secondary N) is 1. The third kappa shape index (κ3) is 10.5. The SMILES string of the molecule is CCCCCC/C=C\CCC[C@H](CNC)C[C@H](CC(=O)O)CC1(c2ccccc2)CCCC1. The lowest BCUT2D eigenvalue weighted by molar-refractivity contribution is -0.138. The zero-order chi connectivity index (χ0) is 23.8. The fourth-order valence-electron chi connectivity index (χ4n) is 6.00. The Balaban J connectivity index is 1.92. The minimum absolute atomic E-state index is 0.173. The van der Waals surface area contributed by atoms with E-state index in [4.69, 9.17) is 0 Å². The number of carbonyl (C=O) groups is 1. The molecule has 1 aromatic carbocycles. The second kappa shape index (κ2) is 16.1. The van der Waals surface area contributed by atoms with Crippen LogP contribution in [0.5, 0.6) is 0 Å². The van der Waals surface area contributed by atoms with Gasteiger partial charge in [-0.05, 0) is 94.2 Å². The van der Waals surface area contributed by atoms with Crippen LogP contribution in [0.25, 0.3) is 0 Å². The van der Waals surface area contributed by atoms with E-state index >= 15 is 0 Å². The van der Waals surface area contributed by atoms with E-state index in [0.717, 1.165) is 25.8 Å². The van der Waals surface area contributed by atoms with Gasteiger partial charge in [0.25, 0.3) is 0 Å². The fourth-order valence-corrected chi connectivity index (χ4v) is 6.00. The first-order valence-corrected chi connectivity index (χ1v) is 13.7. The smallest absolute Gasteiger partial charge is 0.303 e. The summed E-state index contributed by atoms with van der Waals surface area (Å²) in [5.41, 5.74) is 1.60. The van der Waals surface area contributed by atoms with Crippen LogP contribution in [0.2, 0.25) is 0 Å². The van der Waals surface area contributed by atoms with Gasteiger partial charge in [-0.3, -0.25) is 4.79 Å². The number of hydrogen-bond acceptors (Lipinski definition) is 2. The predicted octanol–water partition coefficient (Wildman–Crippen LogP) is 7.90. The lowest BCUT2D eigenvalue weighted by Gasteiger charge is -2.35. The summed E-state index contributed by atoms with van der Waals surface area (Å²) in [5.74, 6) is 0.148. The highest BCUT2D eigenvalue weighted by molar-refractivity contribution is 5.67. The third-order valence-corrected chi connectivity index (χ3v) is 7.62. The van der Waals surface area contributed by atoms with Crippen LogP contribution in [0, 0.1) is 11.8 Å². The van der Waals surface area contributed by atoms with Gasteiger partial charge >= 0.3 is 5.97 Å². The largest absolute Gasteiger partial charge is 0.481 e. The van der Waals surface area contributed by atoms with E-state index in [1.807, 2.05) is 7.05 Å². The topological polar surface area (TPSA) is 49.3 Å². The molecule has 1 fully saturated rings. The van der Waals surface area contributed by atoms with Crippen molar-refractivity contribution >= 4 is 5.97 Å². The highest BCUT2D eigenvalue weighted by Crippen LogP contribution is 2.47. The van der Waals surface area contributed by atoms with Crippen molar-refractivity contribution in [2.24, 2.45) is 11.8 Å². The Morgan fingerprint density at radius 3 is 2.36 bits per heavy atom. The van der Waals surface area contributed by atoms with Gasteiger partial charge in [0.2, 0.25) is 0 Å². The summed E-state index contributed by atoms with van der Waals surface area (Å²) in [7, 11) is 2.03. The molecule has 1 aliphatic rings. The number of carboxylic acids is 1. The van der Waals surface area contributed by atoms with Gasteiger partial charge in [-0.15, -0.1) is 0 Å². The molecule has 0 amide bonds. The number of unbranched alkanes of at least 4 members (excludes halogenated alkanes) is 5. The van der Waals surface area contributed by atoms with Crippen molar-refractivity contribution in [2.75, 3.05) is 13.6 Å². The van der Waals surface area contributed by atoms with E-state index in [1.54, 1.807) is 0 Å². The van der Waals surface area contributed by atoms with Gasteiger partial charge < -0.3 is 10.4 Å². The quantitative estimate of drug-likeness (QED) is 0.175. The van der Waals surface area contributed by atoms with Crippen LogP contribution < -0.4 is 5.32 Å². The van der Waals surface area contributed by atoms with Crippen LogP contribution in [0.1, 0.15) is 109 Å². The Morgan fingerprint density at radius 2 is 1.73 bits per heavy atom. The molecule has 0 heterocycles. The highest BCUT2D eigenvalue weighted by atomic mass is 16.4. The average Bonchev–Trinajstić information content (AvgIpc) is 3.28.